The number of nitrogens with one attached hydrogen (secondary N) is 2. The Hall–Kier alpha value is -2.93. The van der Waals surface area contributed by atoms with Gasteiger partial charge in [-0.3, -0.25) is 9.89 Å². The quantitative estimate of drug-likeness (QED) is 0.556. The van der Waals surface area contributed by atoms with Gasteiger partial charge in [0, 0.05) is 23.3 Å². The maximum absolute atomic E-state index is 13.2. The van der Waals surface area contributed by atoms with Gasteiger partial charge in [-0.25, -0.2) is 4.98 Å². The molecule has 1 amide bonds. The van der Waals surface area contributed by atoms with Gasteiger partial charge in [0.1, 0.15) is 5.75 Å². The Kier molecular flexibility index (Phi) is 5.00. The van der Waals surface area contributed by atoms with E-state index in [-0.39, 0.29) is 23.7 Å². The molecule has 5 N–H and O–H groups in total. The molecule has 7 heteroatoms. The van der Waals surface area contributed by atoms with E-state index in [2.05, 4.69) is 20.5 Å². The van der Waals surface area contributed by atoms with Gasteiger partial charge in [-0.2, -0.15) is 5.10 Å². The third-order valence-electron chi connectivity index (χ3n) is 5.41. The smallest absolute Gasteiger partial charge is 0.252 e. The molecule has 4 rings (SSSR count). The highest BCUT2D eigenvalue weighted by atomic mass is 16.3. The van der Waals surface area contributed by atoms with Crippen LogP contribution in [0.2, 0.25) is 0 Å². The summed E-state index contributed by atoms with van der Waals surface area (Å²) in [5.74, 6) is 0.0621. The summed E-state index contributed by atoms with van der Waals surface area (Å²) in [4.78, 5) is 17.8. The van der Waals surface area contributed by atoms with Crippen LogP contribution >= 0.6 is 0 Å². The minimum atomic E-state index is -0.123. The predicted molar refractivity (Wildman–Crippen MR) is 108 cm³/mol. The first-order chi connectivity index (χ1) is 13.5. The number of rotatable bonds is 4. The van der Waals surface area contributed by atoms with Crippen molar-refractivity contribution >= 4 is 16.9 Å². The van der Waals surface area contributed by atoms with Crippen LogP contribution in [0.25, 0.3) is 22.3 Å². The molecule has 1 saturated carbocycles. The minimum Gasteiger partial charge on any atom is -0.508 e. The number of nitrogens with two attached hydrogens (primary N) is 1. The van der Waals surface area contributed by atoms with Gasteiger partial charge in [0.15, 0.2) is 5.65 Å². The van der Waals surface area contributed by atoms with Crippen LogP contribution in [0.1, 0.15) is 48.7 Å². The second kappa shape index (κ2) is 7.59. The van der Waals surface area contributed by atoms with Crippen molar-refractivity contribution in [1.29, 1.82) is 0 Å². The van der Waals surface area contributed by atoms with E-state index < -0.39 is 0 Å². The summed E-state index contributed by atoms with van der Waals surface area (Å²) in [5.41, 5.74) is 9.52. The molecule has 0 aliphatic heterocycles. The number of carbonyl (C=O) groups excluding carboxylic acids is 1. The molecular formula is C21H25N5O2. The summed E-state index contributed by atoms with van der Waals surface area (Å²) >= 11 is 0. The zero-order chi connectivity index (χ0) is 19.7. The topological polar surface area (TPSA) is 117 Å². The van der Waals surface area contributed by atoms with Crippen LogP contribution in [0.4, 0.5) is 0 Å². The van der Waals surface area contributed by atoms with Crippen LogP contribution in [0.3, 0.4) is 0 Å². The number of aromatic nitrogens is 3. The molecule has 2 atom stereocenters. The number of hydrogen-bond acceptors (Lipinski definition) is 5. The first-order valence-electron chi connectivity index (χ1n) is 9.79. The number of carbonyl (C=O) groups is 1. The SMILES string of the molecule is CCc1[nH]nc2nc(-c3ccc(O)cc3)cc(C(=O)NC3CCCC(N)C3)c12. The van der Waals surface area contributed by atoms with Gasteiger partial charge < -0.3 is 16.2 Å². The monoisotopic (exact) mass is 379 g/mol. The molecule has 0 spiro atoms. The zero-order valence-corrected chi connectivity index (χ0v) is 15.9. The molecule has 1 fully saturated rings. The largest absolute Gasteiger partial charge is 0.508 e. The number of fused-ring (bicyclic) bond motifs is 1. The van der Waals surface area contributed by atoms with E-state index in [4.69, 9.17) is 5.73 Å². The fraction of sp³-hybridized carbons (Fsp3) is 0.381. The van der Waals surface area contributed by atoms with E-state index in [1.165, 1.54) is 0 Å². The second-order valence-electron chi connectivity index (χ2n) is 7.45. The Morgan fingerprint density at radius 2 is 2.11 bits per heavy atom. The van der Waals surface area contributed by atoms with E-state index in [0.717, 1.165) is 48.7 Å². The Morgan fingerprint density at radius 3 is 2.82 bits per heavy atom. The molecule has 146 valence electrons. The molecule has 3 aromatic rings. The Morgan fingerprint density at radius 1 is 1.32 bits per heavy atom. The van der Waals surface area contributed by atoms with E-state index >= 15 is 0 Å². The van der Waals surface area contributed by atoms with Gasteiger partial charge in [0.2, 0.25) is 0 Å². The number of aryl methyl sites for hydroxylation is 1. The molecule has 2 heterocycles. The van der Waals surface area contributed by atoms with E-state index in [0.29, 0.717) is 16.9 Å². The highest BCUT2D eigenvalue weighted by molar-refractivity contribution is 6.07. The summed E-state index contributed by atoms with van der Waals surface area (Å²) < 4.78 is 0. The molecular weight excluding hydrogens is 354 g/mol. The third-order valence-corrected chi connectivity index (χ3v) is 5.41. The predicted octanol–water partition coefficient (Wildman–Crippen LogP) is 2.89. The number of hydrogen-bond donors (Lipinski definition) is 4. The van der Waals surface area contributed by atoms with Crippen molar-refractivity contribution in [3.8, 4) is 17.0 Å². The van der Waals surface area contributed by atoms with Crippen LogP contribution in [0.5, 0.6) is 5.75 Å². The van der Waals surface area contributed by atoms with Crippen molar-refractivity contribution < 1.29 is 9.90 Å². The second-order valence-corrected chi connectivity index (χ2v) is 7.45. The van der Waals surface area contributed by atoms with Crippen LogP contribution in [-0.2, 0) is 6.42 Å². The molecule has 7 nitrogen and oxygen atoms in total. The number of benzene rings is 1. The van der Waals surface area contributed by atoms with E-state index in [1.54, 1.807) is 24.3 Å². The number of aromatic hydroxyl groups is 1. The van der Waals surface area contributed by atoms with Gasteiger partial charge >= 0.3 is 0 Å². The molecule has 28 heavy (non-hydrogen) atoms. The highest BCUT2D eigenvalue weighted by Crippen LogP contribution is 2.28. The van der Waals surface area contributed by atoms with Crippen molar-refractivity contribution in [2.75, 3.05) is 0 Å². The average molecular weight is 379 g/mol. The normalized spacial score (nSPS) is 19.6. The first-order valence-corrected chi connectivity index (χ1v) is 9.79. The molecule has 0 bridgehead atoms. The third kappa shape index (κ3) is 3.57. The number of phenolic OH excluding ortho intramolecular Hbond substituents is 1. The summed E-state index contributed by atoms with van der Waals surface area (Å²) in [6.07, 6.45) is 4.52. The standard InChI is InChI=1S/C21H25N5O2/c1-2-17-19-16(21(28)23-14-5-3-4-13(22)10-14)11-18(24-20(19)26-25-17)12-6-8-15(27)9-7-12/h6-9,11,13-14,27H,2-5,10,22H2,1H3,(H,23,28)(H,24,25,26). The fourth-order valence-corrected chi connectivity index (χ4v) is 3.92. The van der Waals surface area contributed by atoms with Gasteiger partial charge in [0.25, 0.3) is 5.91 Å². The van der Waals surface area contributed by atoms with Crippen molar-refractivity contribution in [1.82, 2.24) is 20.5 Å². The molecule has 1 aliphatic rings. The van der Waals surface area contributed by atoms with Crippen molar-refractivity contribution in [3.05, 3.63) is 41.6 Å². The van der Waals surface area contributed by atoms with Crippen molar-refractivity contribution in [2.45, 2.75) is 51.1 Å². The van der Waals surface area contributed by atoms with Gasteiger partial charge in [-0.1, -0.05) is 6.92 Å². The van der Waals surface area contributed by atoms with Gasteiger partial charge in [-0.05, 0) is 62.4 Å². The first kappa shape index (κ1) is 18.4. The zero-order valence-electron chi connectivity index (χ0n) is 15.9. The summed E-state index contributed by atoms with van der Waals surface area (Å²) in [6.45, 7) is 2.02. The lowest BCUT2D eigenvalue weighted by atomic mass is 9.91. The Labute approximate surface area is 163 Å². The number of amides is 1. The Bertz CT molecular complexity index is 996. The van der Waals surface area contributed by atoms with Crippen LogP contribution in [0, 0.1) is 0 Å². The molecule has 1 aromatic carbocycles. The van der Waals surface area contributed by atoms with Crippen molar-refractivity contribution in [2.24, 2.45) is 5.73 Å². The van der Waals surface area contributed by atoms with Gasteiger partial charge in [0.05, 0.1) is 16.6 Å². The number of phenols is 1. The van der Waals surface area contributed by atoms with Crippen LogP contribution in [-0.4, -0.2) is 38.3 Å². The van der Waals surface area contributed by atoms with Crippen molar-refractivity contribution in [3.63, 3.8) is 0 Å². The number of pyridine rings is 1. The van der Waals surface area contributed by atoms with Crippen LogP contribution < -0.4 is 11.1 Å². The molecule has 0 saturated heterocycles. The van der Waals surface area contributed by atoms with E-state index in [1.807, 2.05) is 13.0 Å². The average Bonchev–Trinajstić information content (AvgIpc) is 3.11. The Balaban J connectivity index is 1.74. The lowest BCUT2D eigenvalue weighted by Crippen LogP contribution is -2.42. The molecule has 0 radical (unpaired) electrons. The number of H-pyrrole nitrogens is 1. The maximum atomic E-state index is 13.2. The lowest BCUT2D eigenvalue weighted by molar-refractivity contribution is 0.0927. The molecule has 2 aromatic heterocycles. The highest BCUT2D eigenvalue weighted by Gasteiger charge is 2.24. The summed E-state index contributed by atoms with van der Waals surface area (Å²) in [6, 6.07) is 8.80. The molecule has 1 aliphatic carbocycles. The summed E-state index contributed by atoms with van der Waals surface area (Å²) in [7, 11) is 0. The fourth-order valence-electron chi connectivity index (χ4n) is 3.92. The summed E-state index contributed by atoms with van der Waals surface area (Å²) in [5, 5.41) is 20.8. The van der Waals surface area contributed by atoms with E-state index in [9.17, 15) is 9.90 Å². The molecule has 2 unspecified atom stereocenters. The van der Waals surface area contributed by atoms with Crippen LogP contribution in [0.15, 0.2) is 30.3 Å². The minimum absolute atomic E-state index is 0.0913. The lowest BCUT2D eigenvalue weighted by Gasteiger charge is -2.27. The maximum Gasteiger partial charge on any atom is 0.252 e. The number of nitrogens with zero attached hydrogens (tertiary/aromatic N) is 2. The van der Waals surface area contributed by atoms with Gasteiger partial charge in [-0.15, -0.1) is 0 Å². The number of aromatic amines is 1.